The molecule has 192 valence electrons. The lowest BCUT2D eigenvalue weighted by atomic mass is 9.94. The van der Waals surface area contributed by atoms with Crippen molar-refractivity contribution in [3.63, 3.8) is 0 Å². The fraction of sp³-hybridized carbons (Fsp3) is 0.241. The van der Waals surface area contributed by atoms with Crippen LogP contribution >= 0.6 is 0 Å². The molecule has 1 aliphatic heterocycles. The van der Waals surface area contributed by atoms with Gasteiger partial charge in [-0.25, -0.2) is 0 Å². The Morgan fingerprint density at radius 3 is 2.58 bits per heavy atom. The van der Waals surface area contributed by atoms with Gasteiger partial charge >= 0.3 is 10.2 Å². The van der Waals surface area contributed by atoms with Crippen LogP contribution in [0.15, 0.2) is 64.3 Å². The Hall–Kier alpha value is -4.00. The second kappa shape index (κ2) is 9.08. The third-order valence-corrected chi connectivity index (χ3v) is 8.40. The number of aromatic amines is 1. The third kappa shape index (κ3) is 3.88. The van der Waals surface area contributed by atoms with E-state index in [1.807, 2.05) is 25.1 Å². The normalized spacial score (nSPS) is 14.9. The van der Waals surface area contributed by atoms with Crippen molar-refractivity contribution >= 4 is 43.1 Å². The number of nitrogens with zero attached hydrogens (tertiary/aromatic N) is 2. The van der Waals surface area contributed by atoms with Crippen molar-refractivity contribution in [1.29, 1.82) is 5.26 Å². The molecule has 5 aromatic rings. The average Bonchev–Trinajstić information content (AvgIpc) is 3.31. The molecular weight excluding hydrogens is 503 g/mol. The highest BCUT2D eigenvalue weighted by atomic mass is 32.3. The van der Waals surface area contributed by atoms with Gasteiger partial charge in [0.15, 0.2) is 5.43 Å². The van der Waals surface area contributed by atoms with E-state index < -0.39 is 15.1 Å². The summed E-state index contributed by atoms with van der Waals surface area (Å²) in [5.41, 5.74) is 4.77. The maximum atomic E-state index is 14.0. The summed E-state index contributed by atoms with van der Waals surface area (Å²) >= 11 is 0. The second-order valence-corrected chi connectivity index (χ2v) is 11.1. The molecule has 0 aliphatic carbocycles. The molecular formula is C29H25FN4O3S. The maximum absolute atomic E-state index is 14.0. The number of piperidine rings is 1. The summed E-state index contributed by atoms with van der Waals surface area (Å²) in [7, 11) is -4.87. The third-order valence-electron chi connectivity index (χ3n) is 7.58. The first kappa shape index (κ1) is 24.3. The fourth-order valence-corrected chi connectivity index (χ4v) is 6.26. The van der Waals surface area contributed by atoms with Crippen LogP contribution in [0.2, 0.25) is 0 Å². The summed E-state index contributed by atoms with van der Waals surface area (Å²) in [6, 6.07) is 17.3. The first-order valence-electron chi connectivity index (χ1n) is 12.6. The lowest BCUT2D eigenvalue weighted by molar-refractivity contribution is 0.381. The van der Waals surface area contributed by atoms with Crippen LogP contribution in [0.25, 0.3) is 44.0 Å². The molecule has 0 bridgehead atoms. The average molecular weight is 529 g/mol. The number of nitriles is 1. The lowest BCUT2D eigenvalue weighted by Gasteiger charge is -2.28. The number of aryl methyl sites for hydroxylation is 1. The Labute approximate surface area is 218 Å². The standard InChI is InChI=1S/C29H25FN4O3S/c1-2-18-14-24-26(15-23(18)19-4-3-5-21(13-19)38(30,36)37)34(20-8-10-32-11-9-20)29-27(28(24)35)22-7-6-17(16-31)12-25(22)33-29/h3-7,12-15,20,32-33H,2,8-11H2,1H3. The van der Waals surface area contributed by atoms with E-state index in [2.05, 4.69) is 20.9 Å². The van der Waals surface area contributed by atoms with Gasteiger partial charge in [0.2, 0.25) is 0 Å². The molecule has 3 aromatic carbocycles. The summed E-state index contributed by atoms with van der Waals surface area (Å²) in [5.74, 6) is 0. The van der Waals surface area contributed by atoms with Crippen LogP contribution < -0.4 is 10.7 Å². The van der Waals surface area contributed by atoms with Crippen LogP contribution in [-0.4, -0.2) is 31.1 Å². The monoisotopic (exact) mass is 528 g/mol. The smallest absolute Gasteiger partial charge is 0.332 e. The van der Waals surface area contributed by atoms with E-state index in [9.17, 15) is 22.4 Å². The molecule has 7 nitrogen and oxygen atoms in total. The van der Waals surface area contributed by atoms with Gasteiger partial charge in [0.25, 0.3) is 0 Å². The van der Waals surface area contributed by atoms with Gasteiger partial charge in [-0.3, -0.25) is 4.79 Å². The van der Waals surface area contributed by atoms with Crippen molar-refractivity contribution in [2.24, 2.45) is 0 Å². The summed E-state index contributed by atoms with van der Waals surface area (Å²) in [4.78, 5) is 17.0. The predicted octanol–water partition coefficient (Wildman–Crippen LogP) is 5.32. The van der Waals surface area contributed by atoms with Gasteiger partial charge in [0, 0.05) is 22.3 Å². The Morgan fingerprint density at radius 1 is 1.08 bits per heavy atom. The van der Waals surface area contributed by atoms with Crippen LogP contribution in [0.3, 0.4) is 0 Å². The minimum absolute atomic E-state index is 0.0996. The molecule has 2 N–H and O–H groups in total. The molecule has 9 heteroatoms. The molecule has 38 heavy (non-hydrogen) atoms. The number of aromatic nitrogens is 2. The Balaban J connectivity index is 1.74. The summed E-state index contributed by atoms with van der Waals surface area (Å²) in [5, 5.41) is 14.8. The number of hydrogen-bond donors (Lipinski definition) is 2. The Morgan fingerprint density at radius 2 is 1.87 bits per heavy atom. The minimum atomic E-state index is -4.87. The molecule has 6 rings (SSSR count). The zero-order chi connectivity index (χ0) is 26.6. The van der Waals surface area contributed by atoms with E-state index in [1.165, 1.54) is 18.2 Å². The van der Waals surface area contributed by atoms with E-state index >= 15 is 0 Å². The maximum Gasteiger partial charge on any atom is 0.332 e. The van der Waals surface area contributed by atoms with E-state index in [0.29, 0.717) is 34.0 Å². The fourth-order valence-electron chi connectivity index (χ4n) is 5.75. The minimum Gasteiger partial charge on any atom is -0.340 e. The number of hydrogen-bond acceptors (Lipinski definition) is 5. The lowest BCUT2D eigenvalue weighted by Crippen LogP contribution is -2.30. The zero-order valence-electron chi connectivity index (χ0n) is 20.7. The number of H-pyrrole nitrogens is 1. The van der Waals surface area contributed by atoms with Gasteiger partial charge in [0.05, 0.1) is 27.4 Å². The highest BCUT2D eigenvalue weighted by molar-refractivity contribution is 7.86. The van der Waals surface area contributed by atoms with Crippen molar-refractivity contribution in [1.82, 2.24) is 14.9 Å². The number of rotatable bonds is 4. The number of fused-ring (bicyclic) bond motifs is 4. The molecule has 0 radical (unpaired) electrons. The largest absolute Gasteiger partial charge is 0.340 e. The van der Waals surface area contributed by atoms with E-state index in [0.717, 1.165) is 53.5 Å². The molecule has 0 spiro atoms. The quantitative estimate of drug-likeness (QED) is 0.307. The molecule has 0 amide bonds. The van der Waals surface area contributed by atoms with Gasteiger partial charge in [-0.2, -0.15) is 13.7 Å². The van der Waals surface area contributed by atoms with Crippen LogP contribution in [0, 0.1) is 11.3 Å². The first-order valence-corrected chi connectivity index (χ1v) is 14.0. The molecule has 0 saturated carbocycles. The highest BCUT2D eigenvalue weighted by Gasteiger charge is 2.24. The SMILES string of the molecule is CCc1cc2c(=O)c3c4ccc(C#N)cc4[nH]c3n(C3CCNCC3)c2cc1-c1cccc(S(=O)(=O)F)c1. The highest BCUT2D eigenvalue weighted by Crippen LogP contribution is 2.36. The van der Waals surface area contributed by atoms with Gasteiger partial charge in [-0.1, -0.05) is 25.1 Å². The number of halogens is 1. The van der Waals surface area contributed by atoms with Crippen molar-refractivity contribution in [2.45, 2.75) is 37.1 Å². The van der Waals surface area contributed by atoms with Gasteiger partial charge in [0.1, 0.15) is 5.65 Å². The molecule has 0 unspecified atom stereocenters. The predicted molar refractivity (Wildman–Crippen MR) is 147 cm³/mol. The van der Waals surface area contributed by atoms with E-state index in [-0.39, 0.29) is 11.5 Å². The van der Waals surface area contributed by atoms with Crippen molar-refractivity contribution < 1.29 is 12.3 Å². The first-order chi connectivity index (χ1) is 18.3. The van der Waals surface area contributed by atoms with Crippen molar-refractivity contribution in [3.05, 3.63) is 75.9 Å². The summed E-state index contributed by atoms with van der Waals surface area (Å²) in [6.45, 7) is 3.66. The van der Waals surface area contributed by atoms with Crippen LogP contribution in [0.1, 0.15) is 36.9 Å². The molecule has 0 atom stereocenters. The van der Waals surface area contributed by atoms with Gasteiger partial charge < -0.3 is 14.9 Å². The Bertz CT molecular complexity index is 1960. The van der Waals surface area contributed by atoms with E-state index in [1.54, 1.807) is 18.2 Å². The number of nitrogens with one attached hydrogen (secondary N) is 2. The van der Waals surface area contributed by atoms with Crippen molar-refractivity contribution in [2.75, 3.05) is 13.1 Å². The Kier molecular flexibility index (Phi) is 5.82. The topological polar surface area (TPSA) is 108 Å². The molecule has 1 saturated heterocycles. The summed E-state index contributed by atoms with van der Waals surface area (Å²) in [6.07, 6.45) is 2.33. The van der Waals surface area contributed by atoms with Crippen LogP contribution in [0.4, 0.5) is 3.89 Å². The molecule has 3 heterocycles. The number of benzene rings is 3. The molecule has 2 aromatic heterocycles. The van der Waals surface area contributed by atoms with Crippen molar-refractivity contribution in [3.8, 4) is 17.2 Å². The van der Waals surface area contributed by atoms with Crippen LogP contribution in [0.5, 0.6) is 0 Å². The molecule has 1 aliphatic rings. The molecule has 1 fully saturated rings. The second-order valence-electron chi connectivity index (χ2n) is 9.75. The number of pyridine rings is 1. The van der Waals surface area contributed by atoms with Crippen LogP contribution in [-0.2, 0) is 16.6 Å². The van der Waals surface area contributed by atoms with E-state index in [4.69, 9.17) is 0 Å². The van der Waals surface area contributed by atoms with Gasteiger partial charge in [-0.05, 0) is 85.4 Å². The van der Waals surface area contributed by atoms with Gasteiger partial charge in [-0.15, -0.1) is 3.89 Å². The zero-order valence-corrected chi connectivity index (χ0v) is 21.5. The summed E-state index contributed by atoms with van der Waals surface area (Å²) < 4.78 is 39.3.